The summed E-state index contributed by atoms with van der Waals surface area (Å²) in [7, 11) is 0. The van der Waals surface area contributed by atoms with Crippen LogP contribution in [0.4, 0.5) is 0 Å². The van der Waals surface area contributed by atoms with E-state index < -0.39 is 0 Å². The van der Waals surface area contributed by atoms with Crippen molar-refractivity contribution < 1.29 is 9.59 Å². The Labute approximate surface area is 91.8 Å². The minimum atomic E-state index is -0.219. The average Bonchev–Trinajstić information content (AvgIpc) is 2.17. The summed E-state index contributed by atoms with van der Waals surface area (Å²) in [5.41, 5.74) is 0. The molecule has 0 spiro atoms. The van der Waals surface area contributed by atoms with E-state index in [4.69, 9.17) is 0 Å². The third-order valence-electron chi connectivity index (χ3n) is 2.03. The van der Waals surface area contributed by atoms with Crippen LogP contribution in [0.1, 0.15) is 52.9 Å². The fourth-order valence-electron chi connectivity index (χ4n) is 1.23. The van der Waals surface area contributed by atoms with Gasteiger partial charge in [0.25, 0.3) is 0 Å². The summed E-state index contributed by atoms with van der Waals surface area (Å²) < 4.78 is 0. The van der Waals surface area contributed by atoms with Gasteiger partial charge < -0.3 is 10.6 Å². The quantitative estimate of drug-likeness (QED) is 0.632. The fraction of sp³-hybridized carbons (Fsp3) is 0.818. The zero-order valence-electron chi connectivity index (χ0n) is 9.93. The highest BCUT2D eigenvalue weighted by molar-refractivity contribution is 5.79. The molecule has 0 saturated carbocycles. The first-order chi connectivity index (χ1) is 7.13. The van der Waals surface area contributed by atoms with E-state index in [2.05, 4.69) is 10.6 Å². The van der Waals surface area contributed by atoms with Crippen LogP contribution in [0.5, 0.6) is 0 Å². The molecule has 88 valence electrons. The molecular formula is C11H22N2O2. The molecular weight excluding hydrogens is 192 g/mol. The molecule has 2 N–H and O–H groups in total. The van der Waals surface area contributed by atoms with Crippen LogP contribution in [0.15, 0.2) is 0 Å². The molecule has 0 radical (unpaired) electrons. The SMILES string of the molecule is CCCC(=O)NC(CC)NC(=O)CCC. The van der Waals surface area contributed by atoms with E-state index >= 15 is 0 Å². The number of amides is 2. The smallest absolute Gasteiger partial charge is 0.221 e. The molecule has 0 fully saturated rings. The molecule has 0 aromatic heterocycles. The first-order valence-electron chi connectivity index (χ1n) is 5.72. The van der Waals surface area contributed by atoms with Crippen molar-refractivity contribution in [2.45, 2.75) is 59.0 Å². The molecule has 2 amide bonds. The molecule has 0 atom stereocenters. The van der Waals surface area contributed by atoms with Crippen LogP contribution in [0.3, 0.4) is 0 Å². The maximum atomic E-state index is 11.3. The monoisotopic (exact) mass is 214 g/mol. The Balaban J connectivity index is 3.91. The number of nitrogens with one attached hydrogen (secondary N) is 2. The Hall–Kier alpha value is -1.06. The second kappa shape index (κ2) is 8.26. The van der Waals surface area contributed by atoms with Crippen LogP contribution in [-0.2, 0) is 9.59 Å². The summed E-state index contributed by atoms with van der Waals surface area (Å²) in [5, 5.41) is 5.57. The van der Waals surface area contributed by atoms with Crippen molar-refractivity contribution >= 4 is 11.8 Å². The Bertz CT molecular complexity index is 185. The largest absolute Gasteiger partial charge is 0.336 e. The first-order valence-corrected chi connectivity index (χ1v) is 5.72. The number of carbonyl (C=O) groups excluding carboxylic acids is 2. The van der Waals surface area contributed by atoms with E-state index in [0.29, 0.717) is 19.3 Å². The van der Waals surface area contributed by atoms with Gasteiger partial charge in [-0.25, -0.2) is 0 Å². The Morgan fingerprint density at radius 2 is 1.33 bits per heavy atom. The lowest BCUT2D eigenvalue weighted by Gasteiger charge is -2.18. The third kappa shape index (κ3) is 6.94. The van der Waals surface area contributed by atoms with Crippen LogP contribution in [0, 0.1) is 0 Å². The zero-order chi connectivity index (χ0) is 11.7. The second-order valence-electron chi connectivity index (χ2n) is 3.60. The van der Waals surface area contributed by atoms with Crippen molar-refractivity contribution in [1.82, 2.24) is 10.6 Å². The van der Waals surface area contributed by atoms with Crippen molar-refractivity contribution in [3.63, 3.8) is 0 Å². The molecule has 0 rings (SSSR count). The molecule has 4 nitrogen and oxygen atoms in total. The van der Waals surface area contributed by atoms with Crippen LogP contribution in [0.2, 0.25) is 0 Å². The van der Waals surface area contributed by atoms with Gasteiger partial charge in [-0.05, 0) is 19.3 Å². The predicted octanol–water partition coefficient (Wildman–Crippen LogP) is 1.56. The van der Waals surface area contributed by atoms with Gasteiger partial charge >= 0.3 is 0 Å². The zero-order valence-corrected chi connectivity index (χ0v) is 9.93. The summed E-state index contributed by atoms with van der Waals surface area (Å²) in [5.74, 6) is 0.00213. The van der Waals surface area contributed by atoms with Crippen LogP contribution in [0.25, 0.3) is 0 Å². The molecule has 0 aromatic rings. The van der Waals surface area contributed by atoms with Gasteiger partial charge in [0.1, 0.15) is 6.17 Å². The molecule has 0 aliphatic heterocycles. The lowest BCUT2D eigenvalue weighted by atomic mass is 10.2. The van der Waals surface area contributed by atoms with E-state index in [0.717, 1.165) is 12.8 Å². The van der Waals surface area contributed by atoms with E-state index in [1.54, 1.807) is 0 Å². The molecule has 0 unspecified atom stereocenters. The average molecular weight is 214 g/mol. The van der Waals surface area contributed by atoms with E-state index in [-0.39, 0.29) is 18.0 Å². The summed E-state index contributed by atoms with van der Waals surface area (Å²) >= 11 is 0. The second-order valence-corrected chi connectivity index (χ2v) is 3.60. The maximum Gasteiger partial charge on any atom is 0.221 e. The van der Waals surface area contributed by atoms with Crippen molar-refractivity contribution in [1.29, 1.82) is 0 Å². The Kier molecular flexibility index (Phi) is 7.68. The van der Waals surface area contributed by atoms with Gasteiger partial charge in [0.05, 0.1) is 0 Å². The highest BCUT2D eigenvalue weighted by atomic mass is 16.2. The lowest BCUT2D eigenvalue weighted by molar-refractivity contribution is -0.124. The van der Waals surface area contributed by atoms with Gasteiger partial charge in [0.15, 0.2) is 0 Å². The van der Waals surface area contributed by atoms with Gasteiger partial charge in [-0.3, -0.25) is 9.59 Å². The van der Waals surface area contributed by atoms with Gasteiger partial charge in [0.2, 0.25) is 11.8 Å². The van der Waals surface area contributed by atoms with Gasteiger partial charge in [0, 0.05) is 12.8 Å². The number of carbonyl (C=O) groups is 2. The fourth-order valence-corrected chi connectivity index (χ4v) is 1.23. The lowest BCUT2D eigenvalue weighted by Crippen LogP contribution is -2.47. The Morgan fingerprint density at radius 3 is 1.60 bits per heavy atom. The molecule has 0 aliphatic rings. The van der Waals surface area contributed by atoms with Crippen LogP contribution < -0.4 is 10.6 Å². The van der Waals surface area contributed by atoms with Crippen molar-refractivity contribution in [3.05, 3.63) is 0 Å². The summed E-state index contributed by atoms with van der Waals surface area (Å²) in [6, 6.07) is 0. The molecule has 0 bridgehead atoms. The van der Waals surface area contributed by atoms with Crippen LogP contribution >= 0.6 is 0 Å². The number of rotatable bonds is 7. The minimum Gasteiger partial charge on any atom is -0.336 e. The summed E-state index contributed by atoms with van der Waals surface area (Å²) in [6.45, 7) is 5.84. The Morgan fingerprint density at radius 1 is 0.933 bits per heavy atom. The van der Waals surface area contributed by atoms with E-state index in [1.165, 1.54) is 0 Å². The maximum absolute atomic E-state index is 11.3. The van der Waals surface area contributed by atoms with Crippen molar-refractivity contribution in [3.8, 4) is 0 Å². The molecule has 0 saturated heterocycles. The van der Waals surface area contributed by atoms with Crippen LogP contribution in [-0.4, -0.2) is 18.0 Å². The predicted molar refractivity (Wildman–Crippen MR) is 60.2 cm³/mol. The third-order valence-corrected chi connectivity index (χ3v) is 2.03. The van der Waals surface area contributed by atoms with Gasteiger partial charge in [-0.1, -0.05) is 20.8 Å². The number of hydrogen-bond donors (Lipinski definition) is 2. The molecule has 0 heterocycles. The molecule has 0 aromatic carbocycles. The van der Waals surface area contributed by atoms with Gasteiger partial charge in [-0.15, -0.1) is 0 Å². The minimum absolute atomic E-state index is 0.00106. The normalized spacial score (nSPS) is 10.1. The van der Waals surface area contributed by atoms with Gasteiger partial charge in [-0.2, -0.15) is 0 Å². The number of hydrogen-bond acceptors (Lipinski definition) is 2. The molecule has 0 aliphatic carbocycles. The highest BCUT2D eigenvalue weighted by Crippen LogP contribution is 1.93. The van der Waals surface area contributed by atoms with E-state index in [9.17, 15) is 9.59 Å². The van der Waals surface area contributed by atoms with E-state index in [1.807, 2.05) is 20.8 Å². The summed E-state index contributed by atoms with van der Waals surface area (Å²) in [6.07, 6.45) is 3.17. The highest BCUT2D eigenvalue weighted by Gasteiger charge is 2.11. The van der Waals surface area contributed by atoms with Crippen molar-refractivity contribution in [2.75, 3.05) is 0 Å². The topological polar surface area (TPSA) is 58.2 Å². The molecule has 15 heavy (non-hydrogen) atoms. The standard InChI is InChI=1S/C11H22N2O2/c1-4-7-10(14)12-9(6-3)13-11(15)8-5-2/h9H,4-8H2,1-3H3,(H,12,14)(H,13,15). The first kappa shape index (κ1) is 13.9. The van der Waals surface area contributed by atoms with Crippen molar-refractivity contribution in [2.24, 2.45) is 0 Å². The summed E-state index contributed by atoms with van der Waals surface area (Å²) in [4.78, 5) is 22.6. The molecule has 4 heteroatoms.